The maximum Gasteiger partial charge on any atom is 0.573 e. The second kappa shape index (κ2) is 6.64. The van der Waals surface area contributed by atoms with Gasteiger partial charge in [0.05, 0.1) is 4.91 Å². The second-order valence-corrected chi connectivity index (χ2v) is 6.03. The summed E-state index contributed by atoms with van der Waals surface area (Å²) in [5.74, 6) is -0.763. The molecule has 1 fully saturated rings. The van der Waals surface area contributed by atoms with E-state index in [1.54, 1.807) is 30.3 Å². The van der Waals surface area contributed by atoms with E-state index in [9.17, 15) is 22.8 Å². The molecule has 8 heteroatoms. The molecule has 2 aromatic carbocycles. The number of para-hydroxylation sites is 1. The van der Waals surface area contributed by atoms with Gasteiger partial charge in [0.1, 0.15) is 5.75 Å². The fourth-order valence-corrected chi connectivity index (χ4v) is 2.93. The van der Waals surface area contributed by atoms with Crippen molar-refractivity contribution in [3.63, 3.8) is 0 Å². The van der Waals surface area contributed by atoms with Gasteiger partial charge in [0, 0.05) is 5.56 Å². The molecule has 4 nitrogen and oxygen atoms in total. The fourth-order valence-electron chi connectivity index (χ4n) is 2.25. The Kier molecular flexibility index (Phi) is 4.54. The van der Waals surface area contributed by atoms with Crippen molar-refractivity contribution in [3.8, 4) is 16.9 Å². The Bertz CT molecular complexity index is 860. The van der Waals surface area contributed by atoms with E-state index >= 15 is 0 Å². The minimum atomic E-state index is -4.78. The summed E-state index contributed by atoms with van der Waals surface area (Å²) >= 11 is 0.794. The first-order chi connectivity index (χ1) is 11.8. The minimum absolute atomic E-state index is 0.263. The van der Waals surface area contributed by atoms with E-state index in [4.69, 9.17) is 0 Å². The molecule has 0 aliphatic carbocycles. The second-order valence-electron chi connectivity index (χ2n) is 5.02. The first-order valence-corrected chi connectivity index (χ1v) is 7.83. The summed E-state index contributed by atoms with van der Waals surface area (Å²) in [6.45, 7) is 0. The lowest BCUT2D eigenvalue weighted by Crippen LogP contribution is -2.17. The quantitative estimate of drug-likeness (QED) is 0.809. The number of thioether (sulfide) groups is 1. The van der Waals surface area contributed by atoms with E-state index in [0.717, 1.165) is 11.8 Å². The molecule has 1 heterocycles. The Labute approximate surface area is 144 Å². The summed E-state index contributed by atoms with van der Waals surface area (Å²) in [6.07, 6.45) is -3.24. The summed E-state index contributed by atoms with van der Waals surface area (Å²) < 4.78 is 41.5. The van der Waals surface area contributed by atoms with Gasteiger partial charge in [0.25, 0.3) is 11.1 Å². The van der Waals surface area contributed by atoms with Crippen molar-refractivity contribution in [1.29, 1.82) is 0 Å². The van der Waals surface area contributed by atoms with Gasteiger partial charge >= 0.3 is 6.36 Å². The van der Waals surface area contributed by atoms with Crippen LogP contribution in [0, 0.1) is 0 Å². The maximum absolute atomic E-state index is 12.5. The number of halogens is 3. The number of imide groups is 1. The van der Waals surface area contributed by atoms with Crippen LogP contribution in [0.3, 0.4) is 0 Å². The number of benzene rings is 2. The average molecular weight is 365 g/mol. The molecule has 1 saturated heterocycles. The van der Waals surface area contributed by atoms with Gasteiger partial charge in [-0.3, -0.25) is 14.9 Å². The van der Waals surface area contributed by atoms with Crippen LogP contribution in [0.4, 0.5) is 18.0 Å². The van der Waals surface area contributed by atoms with E-state index in [2.05, 4.69) is 10.1 Å². The van der Waals surface area contributed by atoms with Crippen LogP contribution in [-0.2, 0) is 4.79 Å². The Balaban J connectivity index is 1.88. The normalized spacial score (nSPS) is 16.2. The first kappa shape index (κ1) is 17.1. The number of carbonyl (C=O) groups excluding carboxylic acids is 2. The van der Waals surface area contributed by atoms with Crippen LogP contribution in [-0.4, -0.2) is 17.5 Å². The molecule has 128 valence electrons. The third-order valence-electron chi connectivity index (χ3n) is 3.27. The Morgan fingerprint density at radius 1 is 1.00 bits per heavy atom. The molecule has 2 amide bonds. The van der Waals surface area contributed by atoms with Gasteiger partial charge in [-0.25, -0.2) is 0 Å². The van der Waals surface area contributed by atoms with Gasteiger partial charge in [-0.05, 0) is 35.0 Å². The van der Waals surface area contributed by atoms with Crippen molar-refractivity contribution < 1.29 is 27.5 Å². The van der Waals surface area contributed by atoms with Gasteiger partial charge in [0.15, 0.2) is 0 Å². The highest BCUT2D eigenvalue weighted by atomic mass is 32.2. The molecule has 2 aromatic rings. The van der Waals surface area contributed by atoms with Crippen LogP contribution in [0.2, 0.25) is 0 Å². The van der Waals surface area contributed by atoms with Crippen molar-refractivity contribution in [2.45, 2.75) is 6.36 Å². The zero-order chi connectivity index (χ0) is 18.0. The van der Waals surface area contributed by atoms with Crippen molar-refractivity contribution in [2.24, 2.45) is 0 Å². The molecule has 1 aliphatic rings. The third-order valence-corrected chi connectivity index (χ3v) is 4.08. The van der Waals surface area contributed by atoms with E-state index in [1.807, 2.05) is 0 Å². The van der Waals surface area contributed by atoms with E-state index in [0.29, 0.717) is 16.7 Å². The van der Waals surface area contributed by atoms with Crippen LogP contribution in [0.1, 0.15) is 5.56 Å². The predicted octanol–water partition coefficient (Wildman–Crippen LogP) is 4.58. The van der Waals surface area contributed by atoms with Gasteiger partial charge in [-0.2, -0.15) is 0 Å². The van der Waals surface area contributed by atoms with Crippen molar-refractivity contribution in [2.75, 3.05) is 0 Å². The molecular weight excluding hydrogens is 355 g/mol. The zero-order valence-electron chi connectivity index (χ0n) is 12.5. The van der Waals surface area contributed by atoms with Crippen LogP contribution in [0.15, 0.2) is 53.4 Å². The molecule has 0 unspecified atom stereocenters. The molecule has 1 aliphatic heterocycles. The number of hydrogen-bond acceptors (Lipinski definition) is 4. The number of amides is 2. The SMILES string of the molecule is O=C1NC(=O)/C(=C\c2ccc(-c3ccccc3OC(F)(F)F)cc2)S1. The van der Waals surface area contributed by atoms with Gasteiger partial charge in [-0.1, -0.05) is 42.5 Å². The smallest absolute Gasteiger partial charge is 0.405 e. The van der Waals surface area contributed by atoms with Crippen LogP contribution >= 0.6 is 11.8 Å². The van der Waals surface area contributed by atoms with Gasteiger partial charge < -0.3 is 4.74 Å². The number of ether oxygens (including phenoxy) is 1. The number of carbonyl (C=O) groups is 2. The molecule has 0 aromatic heterocycles. The number of alkyl halides is 3. The third kappa shape index (κ3) is 4.21. The molecule has 1 N–H and O–H groups in total. The average Bonchev–Trinajstić information content (AvgIpc) is 2.85. The molecule has 0 saturated carbocycles. The highest BCUT2D eigenvalue weighted by molar-refractivity contribution is 8.18. The largest absolute Gasteiger partial charge is 0.573 e. The fraction of sp³-hybridized carbons (Fsp3) is 0.0588. The topological polar surface area (TPSA) is 55.4 Å². The van der Waals surface area contributed by atoms with Crippen molar-refractivity contribution in [3.05, 3.63) is 59.0 Å². The highest BCUT2D eigenvalue weighted by Gasteiger charge is 2.32. The Morgan fingerprint density at radius 2 is 1.68 bits per heavy atom. The predicted molar refractivity (Wildman–Crippen MR) is 87.7 cm³/mol. The number of rotatable bonds is 3. The van der Waals surface area contributed by atoms with Crippen molar-refractivity contribution in [1.82, 2.24) is 5.32 Å². The summed E-state index contributed by atoms with van der Waals surface area (Å²) in [5, 5.41) is 1.71. The molecule has 0 radical (unpaired) electrons. The van der Waals surface area contributed by atoms with E-state index in [1.165, 1.54) is 24.3 Å². The lowest BCUT2D eigenvalue weighted by molar-refractivity contribution is -0.274. The first-order valence-electron chi connectivity index (χ1n) is 7.02. The molecule has 0 spiro atoms. The summed E-state index contributed by atoms with van der Waals surface area (Å²) in [4.78, 5) is 22.9. The lowest BCUT2D eigenvalue weighted by atomic mass is 10.0. The van der Waals surface area contributed by atoms with E-state index < -0.39 is 17.5 Å². The zero-order valence-corrected chi connectivity index (χ0v) is 13.3. The number of nitrogens with one attached hydrogen (secondary N) is 1. The van der Waals surface area contributed by atoms with Gasteiger partial charge in [0.2, 0.25) is 0 Å². The summed E-state index contributed by atoms with van der Waals surface area (Å²) in [6, 6.07) is 12.3. The molecular formula is C17H10F3NO3S. The van der Waals surface area contributed by atoms with Crippen LogP contribution < -0.4 is 10.1 Å². The molecule has 3 rings (SSSR count). The van der Waals surface area contributed by atoms with Gasteiger partial charge in [-0.15, -0.1) is 13.2 Å². The maximum atomic E-state index is 12.5. The lowest BCUT2D eigenvalue weighted by Gasteiger charge is -2.13. The Morgan fingerprint density at radius 3 is 2.28 bits per heavy atom. The Hall–Kier alpha value is -2.74. The highest BCUT2D eigenvalue weighted by Crippen LogP contribution is 2.34. The number of hydrogen-bond donors (Lipinski definition) is 1. The van der Waals surface area contributed by atoms with E-state index in [-0.39, 0.29) is 10.7 Å². The molecule has 25 heavy (non-hydrogen) atoms. The minimum Gasteiger partial charge on any atom is -0.405 e. The monoisotopic (exact) mass is 365 g/mol. The van der Waals surface area contributed by atoms with Crippen LogP contribution in [0.25, 0.3) is 17.2 Å². The van der Waals surface area contributed by atoms with Crippen molar-refractivity contribution >= 4 is 29.0 Å². The summed E-state index contributed by atoms with van der Waals surface area (Å²) in [7, 11) is 0. The van der Waals surface area contributed by atoms with Crippen LogP contribution in [0.5, 0.6) is 5.75 Å². The molecule has 0 bridgehead atoms. The summed E-state index contributed by atoms with van der Waals surface area (Å²) in [5.41, 5.74) is 1.47. The molecule has 0 atom stereocenters. The standard InChI is InChI=1S/C17H10F3NO3S/c18-17(19,20)24-13-4-2-1-3-12(13)11-7-5-10(6-8-11)9-14-15(22)21-16(23)25-14/h1-9H,(H,21,22,23)/b14-9+.